The van der Waals surface area contributed by atoms with Gasteiger partial charge in [0.05, 0.1) is 6.61 Å². The van der Waals surface area contributed by atoms with Gasteiger partial charge in [-0.3, -0.25) is 4.79 Å². The van der Waals surface area contributed by atoms with Crippen LogP contribution in [0.25, 0.3) is 0 Å². The van der Waals surface area contributed by atoms with Crippen molar-refractivity contribution < 1.29 is 19.1 Å². The molecule has 28 heavy (non-hydrogen) atoms. The zero-order valence-corrected chi connectivity index (χ0v) is 17.0. The zero-order chi connectivity index (χ0) is 20.7. The van der Waals surface area contributed by atoms with Crippen molar-refractivity contribution in [2.24, 2.45) is 0 Å². The molecule has 0 aliphatic rings. The van der Waals surface area contributed by atoms with E-state index in [1.54, 1.807) is 26.1 Å². The zero-order valence-electron chi connectivity index (χ0n) is 17.0. The maximum atomic E-state index is 12.2. The van der Waals surface area contributed by atoms with Crippen LogP contribution in [-0.2, 0) is 21.7 Å². The van der Waals surface area contributed by atoms with Gasteiger partial charge in [-0.15, -0.1) is 0 Å². The normalized spacial score (nSPS) is 11.8. The van der Waals surface area contributed by atoms with Crippen molar-refractivity contribution >= 4 is 11.9 Å². The second kappa shape index (κ2) is 9.21. The minimum absolute atomic E-state index is 0.0859. The number of amides is 1. The smallest absolute Gasteiger partial charge is 0.332 e. The molecular weight excluding hydrogens is 358 g/mol. The van der Waals surface area contributed by atoms with Crippen LogP contribution in [-0.4, -0.2) is 28.3 Å². The Morgan fingerprint density at radius 1 is 1.18 bits per heavy atom. The standard InChI is InChI=1S/C21H27N3O4/c1-6-27-19(25)13-15(2)22-20(26)18-11-12-24(23-18)14-28-17-9-7-16(8-10-17)21(3,4)5/h7-13H,6,14H2,1-5H3,(H,22,26)/b15-13+. The number of ether oxygens (including phenoxy) is 2. The van der Waals surface area contributed by atoms with Crippen molar-refractivity contribution in [3.63, 3.8) is 0 Å². The molecule has 1 N–H and O–H groups in total. The largest absolute Gasteiger partial charge is 0.471 e. The highest BCUT2D eigenvalue weighted by molar-refractivity contribution is 5.94. The van der Waals surface area contributed by atoms with Crippen LogP contribution in [0, 0.1) is 0 Å². The number of nitrogens with zero attached hydrogens (tertiary/aromatic N) is 2. The first-order chi connectivity index (χ1) is 13.2. The first kappa shape index (κ1) is 21.2. The molecule has 7 nitrogen and oxygen atoms in total. The van der Waals surface area contributed by atoms with E-state index >= 15 is 0 Å². The topological polar surface area (TPSA) is 82.5 Å². The number of nitrogens with one attached hydrogen (secondary N) is 1. The molecule has 2 aromatic rings. The molecule has 0 atom stereocenters. The van der Waals surface area contributed by atoms with Crippen LogP contribution < -0.4 is 10.1 Å². The Balaban J connectivity index is 1.91. The van der Waals surface area contributed by atoms with Crippen molar-refractivity contribution in [3.8, 4) is 5.75 Å². The fraction of sp³-hybridized carbons (Fsp3) is 0.381. The summed E-state index contributed by atoms with van der Waals surface area (Å²) < 4.78 is 12.0. The summed E-state index contributed by atoms with van der Waals surface area (Å²) in [6.07, 6.45) is 2.88. The molecule has 0 saturated carbocycles. The van der Waals surface area contributed by atoms with Crippen molar-refractivity contribution in [3.05, 3.63) is 59.6 Å². The number of carbonyl (C=O) groups is 2. The lowest BCUT2D eigenvalue weighted by atomic mass is 9.87. The van der Waals surface area contributed by atoms with Crippen molar-refractivity contribution in [2.45, 2.75) is 46.8 Å². The average molecular weight is 385 g/mol. The van der Waals surface area contributed by atoms with E-state index in [9.17, 15) is 9.59 Å². The Bertz CT molecular complexity index is 845. The van der Waals surface area contributed by atoms with Crippen LogP contribution in [0.5, 0.6) is 5.75 Å². The van der Waals surface area contributed by atoms with E-state index in [4.69, 9.17) is 9.47 Å². The monoisotopic (exact) mass is 385 g/mol. The molecule has 0 spiro atoms. The second-order valence-corrected chi connectivity index (χ2v) is 7.32. The molecule has 1 aromatic carbocycles. The molecule has 1 heterocycles. The van der Waals surface area contributed by atoms with E-state index in [1.165, 1.54) is 16.3 Å². The summed E-state index contributed by atoms with van der Waals surface area (Å²) in [6, 6.07) is 9.49. The molecule has 1 aromatic heterocycles. The molecule has 0 saturated heterocycles. The van der Waals surface area contributed by atoms with Crippen LogP contribution in [0.15, 0.2) is 48.3 Å². The van der Waals surface area contributed by atoms with Crippen LogP contribution in [0.2, 0.25) is 0 Å². The summed E-state index contributed by atoms with van der Waals surface area (Å²) >= 11 is 0. The van der Waals surface area contributed by atoms with Crippen LogP contribution in [0.4, 0.5) is 0 Å². The minimum atomic E-state index is -0.503. The van der Waals surface area contributed by atoms with Gasteiger partial charge in [0.15, 0.2) is 12.4 Å². The Hall–Kier alpha value is -3.09. The molecule has 2 rings (SSSR count). The van der Waals surface area contributed by atoms with E-state index in [1.807, 2.05) is 24.3 Å². The Morgan fingerprint density at radius 3 is 2.46 bits per heavy atom. The highest BCUT2D eigenvalue weighted by Gasteiger charge is 2.13. The van der Waals surface area contributed by atoms with Gasteiger partial charge in [0.2, 0.25) is 0 Å². The predicted molar refractivity (Wildman–Crippen MR) is 106 cm³/mol. The number of hydrogen-bond donors (Lipinski definition) is 1. The first-order valence-corrected chi connectivity index (χ1v) is 9.12. The predicted octanol–water partition coefficient (Wildman–Crippen LogP) is 3.41. The number of carbonyl (C=O) groups excluding carboxylic acids is 2. The summed E-state index contributed by atoms with van der Waals surface area (Å²) in [6.45, 7) is 10.2. The van der Waals surface area contributed by atoms with Crippen LogP contribution in [0.1, 0.15) is 50.7 Å². The van der Waals surface area contributed by atoms with Crippen molar-refractivity contribution in [2.75, 3.05) is 6.61 Å². The van der Waals surface area contributed by atoms with Gasteiger partial charge >= 0.3 is 5.97 Å². The molecule has 7 heteroatoms. The van der Waals surface area contributed by atoms with E-state index in [-0.39, 0.29) is 24.4 Å². The molecule has 0 unspecified atom stereocenters. The molecular formula is C21H27N3O4. The molecule has 1 amide bonds. The van der Waals surface area contributed by atoms with Crippen molar-refractivity contribution in [1.82, 2.24) is 15.1 Å². The van der Waals surface area contributed by atoms with Gasteiger partial charge in [-0.1, -0.05) is 32.9 Å². The summed E-state index contributed by atoms with van der Waals surface area (Å²) in [4.78, 5) is 23.6. The summed E-state index contributed by atoms with van der Waals surface area (Å²) in [5, 5.41) is 6.78. The summed E-state index contributed by atoms with van der Waals surface area (Å²) in [5.41, 5.74) is 1.92. The Morgan fingerprint density at radius 2 is 1.86 bits per heavy atom. The number of aromatic nitrogens is 2. The third-order valence-electron chi connectivity index (χ3n) is 3.89. The summed E-state index contributed by atoms with van der Waals surface area (Å²) in [5.74, 6) is -0.189. The van der Waals surface area contributed by atoms with E-state index in [0.717, 1.165) is 5.75 Å². The number of esters is 1. The quantitative estimate of drug-likeness (QED) is 0.583. The van der Waals surface area contributed by atoms with Gasteiger partial charge in [-0.05, 0) is 43.0 Å². The van der Waals surface area contributed by atoms with E-state index in [2.05, 4.69) is 31.2 Å². The van der Waals surface area contributed by atoms with Gasteiger partial charge in [0.1, 0.15) is 5.75 Å². The lowest BCUT2D eigenvalue weighted by Gasteiger charge is -2.19. The molecule has 0 radical (unpaired) electrons. The van der Waals surface area contributed by atoms with Crippen LogP contribution in [0.3, 0.4) is 0 Å². The van der Waals surface area contributed by atoms with E-state index < -0.39 is 11.9 Å². The number of allylic oxidation sites excluding steroid dienone is 1. The maximum Gasteiger partial charge on any atom is 0.332 e. The van der Waals surface area contributed by atoms with Gasteiger partial charge in [-0.2, -0.15) is 5.10 Å². The molecule has 0 aliphatic carbocycles. The van der Waals surface area contributed by atoms with Crippen LogP contribution >= 0.6 is 0 Å². The first-order valence-electron chi connectivity index (χ1n) is 9.12. The summed E-state index contributed by atoms with van der Waals surface area (Å²) in [7, 11) is 0. The van der Waals surface area contributed by atoms with Gasteiger partial charge in [-0.25, -0.2) is 9.48 Å². The lowest BCUT2D eigenvalue weighted by Crippen LogP contribution is -2.23. The number of benzene rings is 1. The highest BCUT2D eigenvalue weighted by Crippen LogP contribution is 2.24. The SMILES string of the molecule is CCOC(=O)/C=C(\C)NC(=O)c1ccn(COc2ccc(C(C)(C)C)cc2)n1. The van der Waals surface area contributed by atoms with Gasteiger partial charge in [0.25, 0.3) is 5.91 Å². The van der Waals surface area contributed by atoms with Crippen molar-refractivity contribution in [1.29, 1.82) is 0 Å². The molecule has 0 bridgehead atoms. The fourth-order valence-electron chi connectivity index (χ4n) is 2.39. The third kappa shape index (κ3) is 6.26. The molecule has 150 valence electrons. The number of hydrogen-bond acceptors (Lipinski definition) is 5. The third-order valence-corrected chi connectivity index (χ3v) is 3.89. The highest BCUT2D eigenvalue weighted by atomic mass is 16.5. The fourth-order valence-corrected chi connectivity index (χ4v) is 2.39. The van der Waals surface area contributed by atoms with Gasteiger partial charge in [0, 0.05) is 18.0 Å². The minimum Gasteiger partial charge on any atom is -0.471 e. The lowest BCUT2D eigenvalue weighted by molar-refractivity contribution is -0.137. The average Bonchev–Trinajstić information content (AvgIpc) is 3.08. The van der Waals surface area contributed by atoms with E-state index in [0.29, 0.717) is 5.70 Å². The molecule has 0 aliphatic heterocycles. The van der Waals surface area contributed by atoms with Gasteiger partial charge < -0.3 is 14.8 Å². The maximum absolute atomic E-state index is 12.2. The Labute approximate surface area is 165 Å². The number of rotatable bonds is 7. The second-order valence-electron chi connectivity index (χ2n) is 7.32. The Kier molecular flexibility index (Phi) is 6.98. The molecule has 0 fully saturated rings.